The molecule has 0 aliphatic heterocycles. The zero-order valence-electron chi connectivity index (χ0n) is 10.9. The van der Waals surface area contributed by atoms with E-state index in [0.29, 0.717) is 5.88 Å². The first-order chi connectivity index (χ1) is 8.74. The van der Waals surface area contributed by atoms with Crippen LogP contribution in [0.5, 0.6) is 0 Å². The highest BCUT2D eigenvalue weighted by atomic mass is 16.5. The average molecular weight is 245 g/mol. The van der Waals surface area contributed by atoms with Crippen molar-refractivity contribution < 1.29 is 4.52 Å². The minimum Gasteiger partial charge on any atom is -0.367 e. The van der Waals surface area contributed by atoms with Crippen molar-refractivity contribution in [2.75, 3.05) is 18.8 Å². The molecular weight excluding hydrogens is 226 g/mol. The third-order valence-electron chi connectivity index (χ3n) is 3.16. The Balaban J connectivity index is 2.13. The number of hydrogen-bond acceptors (Lipinski definition) is 4. The van der Waals surface area contributed by atoms with Crippen molar-refractivity contribution in [1.29, 1.82) is 0 Å². The molecule has 0 unspecified atom stereocenters. The van der Waals surface area contributed by atoms with Crippen LogP contribution in [0.1, 0.15) is 19.4 Å². The Labute approximate surface area is 107 Å². The summed E-state index contributed by atoms with van der Waals surface area (Å²) in [6.07, 6.45) is 1.65. The molecule has 0 bridgehead atoms. The first kappa shape index (κ1) is 12.6. The van der Waals surface area contributed by atoms with Gasteiger partial charge in [-0.25, -0.2) is 0 Å². The quantitative estimate of drug-likeness (QED) is 0.880. The Bertz CT molecular complexity index is 486. The predicted molar refractivity (Wildman–Crippen MR) is 73.0 cm³/mol. The first-order valence-electron chi connectivity index (χ1n) is 6.26. The molecule has 1 aromatic heterocycles. The van der Waals surface area contributed by atoms with Crippen LogP contribution in [0.3, 0.4) is 0 Å². The van der Waals surface area contributed by atoms with Crippen molar-refractivity contribution in [1.82, 2.24) is 10.1 Å². The van der Waals surface area contributed by atoms with Gasteiger partial charge in [0.1, 0.15) is 0 Å². The van der Waals surface area contributed by atoms with Gasteiger partial charge in [-0.1, -0.05) is 43.3 Å². The number of benzene rings is 1. The Morgan fingerprint density at radius 2 is 1.83 bits per heavy atom. The summed E-state index contributed by atoms with van der Waals surface area (Å²) < 4.78 is 4.87. The summed E-state index contributed by atoms with van der Waals surface area (Å²) in [6.45, 7) is 7.46. The Kier molecular flexibility index (Phi) is 3.99. The van der Waals surface area contributed by atoms with Gasteiger partial charge in [0, 0.05) is 6.54 Å². The number of nitrogens with zero attached hydrogens (tertiary/aromatic N) is 2. The molecule has 1 heterocycles. The van der Waals surface area contributed by atoms with Gasteiger partial charge < -0.3 is 10.3 Å². The summed E-state index contributed by atoms with van der Waals surface area (Å²) in [5, 5.41) is 3.69. The molecule has 0 radical (unpaired) electrons. The van der Waals surface area contributed by atoms with Gasteiger partial charge in [-0.05, 0) is 24.2 Å². The maximum absolute atomic E-state index is 5.70. The topological polar surface area (TPSA) is 55.3 Å². The second-order valence-electron chi connectivity index (χ2n) is 4.26. The van der Waals surface area contributed by atoms with Gasteiger partial charge in [0.2, 0.25) is 5.88 Å². The van der Waals surface area contributed by atoms with Gasteiger partial charge in [0.25, 0.3) is 0 Å². The lowest BCUT2D eigenvalue weighted by Gasteiger charge is -2.17. The first-order valence-corrected chi connectivity index (χ1v) is 6.26. The number of hydrogen-bond donors (Lipinski definition) is 1. The second-order valence-corrected chi connectivity index (χ2v) is 4.26. The van der Waals surface area contributed by atoms with Crippen molar-refractivity contribution in [3.8, 4) is 11.1 Å². The maximum Gasteiger partial charge on any atom is 0.229 e. The van der Waals surface area contributed by atoms with Gasteiger partial charge >= 0.3 is 0 Å². The summed E-state index contributed by atoms with van der Waals surface area (Å²) in [6, 6.07) is 8.36. The normalized spacial score (nSPS) is 11.1. The molecule has 2 N–H and O–H groups in total. The Morgan fingerprint density at radius 3 is 2.33 bits per heavy atom. The van der Waals surface area contributed by atoms with Gasteiger partial charge in [0.05, 0.1) is 11.8 Å². The molecule has 0 amide bonds. The van der Waals surface area contributed by atoms with Crippen LogP contribution in [-0.4, -0.2) is 23.1 Å². The fourth-order valence-corrected chi connectivity index (χ4v) is 1.96. The van der Waals surface area contributed by atoms with E-state index in [1.165, 1.54) is 5.56 Å². The van der Waals surface area contributed by atoms with Crippen LogP contribution in [0, 0.1) is 0 Å². The van der Waals surface area contributed by atoms with Crippen molar-refractivity contribution in [2.45, 2.75) is 20.4 Å². The fourth-order valence-electron chi connectivity index (χ4n) is 1.96. The molecular formula is C14H19N3O. The molecule has 4 heteroatoms. The third-order valence-corrected chi connectivity index (χ3v) is 3.16. The molecule has 0 spiro atoms. The fraction of sp³-hybridized carbons (Fsp3) is 0.357. The van der Waals surface area contributed by atoms with E-state index >= 15 is 0 Å². The second kappa shape index (κ2) is 5.69. The number of nitrogen functional groups attached to an aromatic ring is 1. The van der Waals surface area contributed by atoms with Gasteiger partial charge in [0.15, 0.2) is 0 Å². The maximum atomic E-state index is 5.70. The van der Waals surface area contributed by atoms with Crippen LogP contribution in [0.15, 0.2) is 35.0 Å². The van der Waals surface area contributed by atoms with Crippen LogP contribution < -0.4 is 5.73 Å². The molecule has 0 saturated carbocycles. The molecule has 2 aromatic rings. The predicted octanol–water partition coefficient (Wildman–Crippen LogP) is 2.77. The number of rotatable bonds is 5. The molecule has 2 rings (SSSR count). The van der Waals surface area contributed by atoms with E-state index in [1.54, 1.807) is 6.20 Å². The van der Waals surface area contributed by atoms with E-state index in [0.717, 1.165) is 30.8 Å². The lowest BCUT2D eigenvalue weighted by atomic mass is 10.1. The highest BCUT2D eigenvalue weighted by Gasteiger charge is 2.07. The summed E-state index contributed by atoms with van der Waals surface area (Å²) in [7, 11) is 0. The lowest BCUT2D eigenvalue weighted by Crippen LogP contribution is -2.21. The molecule has 4 nitrogen and oxygen atoms in total. The molecule has 18 heavy (non-hydrogen) atoms. The zero-order valence-corrected chi connectivity index (χ0v) is 10.9. The minimum atomic E-state index is 0.367. The van der Waals surface area contributed by atoms with Crippen LogP contribution in [0.2, 0.25) is 0 Å². The van der Waals surface area contributed by atoms with Crippen LogP contribution >= 0.6 is 0 Å². The number of aromatic nitrogens is 1. The van der Waals surface area contributed by atoms with Gasteiger partial charge in [-0.15, -0.1) is 0 Å². The highest BCUT2D eigenvalue weighted by Crippen LogP contribution is 2.25. The van der Waals surface area contributed by atoms with E-state index < -0.39 is 0 Å². The molecule has 0 fully saturated rings. The summed E-state index contributed by atoms with van der Waals surface area (Å²) in [5.74, 6) is 0.367. The van der Waals surface area contributed by atoms with E-state index in [2.05, 4.69) is 48.2 Å². The van der Waals surface area contributed by atoms with Crippen molar-refractivity contribution in [2.24, 2.45) is 0 Å². The summed E-state index contributed by atoms with van der Waals surface area (Å²) in [4.78, 5) is 2.38. The Hall–Kier alpha value is -1.81. The average Bonchev–Trinajstić information content (AvgIpc) is 2.83. The molecule has 96 valence electrons. The van der Waals surface area contributed by atoms with Crippen molar-refractivity contribution >= 4 is 5.88 Å². The van der Waals surface area contributed by atoms with Crippen LogP contribution in [0.4, 0.5) is 5.88 Å². The van der Waals surface area contributed by atoms with Gasteiger partial charge in [-0.3, -0.25) is 4.90 Å². The smallest absolute Gasteiger partial charge is 0.229 e. The third kappa shape index (κ3) is 2.71. The molecule has 1 aromatic carbocycles. The van der Waals surface area contributed by atoms with Crippen molar-refractivity contribution in [3.63, 3.8) is 0 Å². The van der Waals surface area contributed by atoms with E-state index in [1.807, 2.05) is 0 Å². The van der Waals surface area contributed by atoms with E-state index in [9.17, 15) is 0 Å². The highest BCUT2D eigenvalue weighted by molar-refractivity contribution is 5.71. The monoisotopic (exact) mass is 245 g/mol. The van der Waals surface area contributed by atoms with Gasteiger partial charge in [-0.2, -0.15) is 0 Å². The SMILES string of the molecule is CCN(CC)Cc1ccc(-c2cnoc2N)cc1. The largest absolute Gasteiger partial charge is 0.367 e. The molecule has 0 aliphatic carbocycles. The lowest BCUT2D eigenvalue weighted by molar-refractivity contribution is 0.296. The van der Waals surface area contributed by atoms with Crippen LogP contribution in [-0.2, 0) is 6.54 Å². The molecule has 0 aliphatic rings. The minimum absolute atomic E-state index is 0.367. The molecule has 0 atom stereocenters. The summed E-state index contributed by atoms with van der Waals surface area (Å²) in [5.41, 5.74) is 8.89. The number of anilines is 1. The summed E-state index contributed by atoms with van der Waals surface area (Å²) >= 11 is 0. The van der Waals surface area contributed by atoms with Crippen molar-refractivity contribution in [3.05, 3.63) is 36.0 Å². The number of nitrogens with two attached hydrogens (primary N) is 1. The molecule has 0 saturated heterocycles. The Morgan fingerprint density at radius 1 is 1.17 bits per heavy atom. The zero-order chi connectivity index (χ0) is 13.0. The standard InChI is InChI=1S/C14H19N3O/c1-3-17(4-2)10-11-5-7-12(8-6-11)13-9-16-18-14(13)15/h5-9H,3-4,10,15H2,1-2H3. The van der Waals surface area contributed by atoms with E-state index in [4.69, 9.17) is 10.3 Å². The van der Waals surface area contributed by atoms with E-state index in [-0.39, 0.29) is 0 Å². The van der Waals surface area contributed by atoms with Crippen LogP contribution in [0.25, 0.3) is 11.1 Å².